The lowest BCUT2D eigenvalue weighted by atomic mass is 10.0. The van der Waals surface area contributed by atoms with Crippen LogP contribution in [0.3, 0.4) is 0 Å². The third-order valence-electron chi connectivity index (χ3n) is 5.00. The normalized spacial score (nSPS) is 17.4. The summed E-state index contributed by atoms with van der Waals surface area (Å²) in [7, 11) is -2.26. The van der Waals surface area contributed by atoms with Crippen LogP contribution < -0.4 is 5.32 Å². The first kappa shape index (κ1) is 23.3. The van der Waals surface area contributed by atoms with Gasteiger partial charge in [0.25, 0.3) is 0 Å². The average molecular weight is 428 g/mol. The van der Waals surface area contributed by atoms with E-state index in [4.69, 9.17) is 0 Å². The maximum absolute atomic E-state index is 13.0. The molecule has 1 heterocycles. The molecular formula is C20H30FN3O4S. The number of hydrogen-bond acceptors (Lipinski definition) is 4. The lowest BCUT2D eigenvalue weighted by Gasteiger charge is -2.33. The van der Waals surface area contributed by atoms with Crippen molar-refractivity contribution >= 4 is 21.8 Å². The Morgan fingerprint density at radius 1 is 1.24 bits per heavy atom. The van der Waals surface area contributed by atoms with Gasteiger partial charge in [0, 0.05) is 45.6 Å². The summed E-state index contributed by atoms with van der Waals surface area (Å²) in [5.41, 5.74) is 0. The number of nitrogens with one attached hydrogen (secondary N) is 1. The molecule has 1 unspecified atom stereocenters. The van der Waals surface area contributed by atoms with Gasteiger partial charge in [-0.25, -0.2) is 17.1 Å². The van der Waals surface area contributed by atoms with Crippen molar-refractivity contribution in [1.29, 1.82) is 0 Å². The number of benzene rings is 1. The summed E-state index contributed by atoms with van der Waals surface area (Å²) in [4.78, 5) is 26.0. The van der Waals surface area contributed by atoms with E-state index in [0.717, 1.165) is 31.4 Å². The van der Waals surface area contributed by atoms with Crippen LogP contribution in [-0.2, 0) is 19.6 Å². The van der Waals surface area contributed by atoms with Crippen LogP contribution in [0.2, 0.25) is 0 Å². The van der Waals surface area contributed by atoms with Crippen molar-refractivity contribution in [2.45, 2.75) is 56.4 Å². The average Bonchev–Trinajstić information content (AvgIpc) is 2.68. The molecule has 0 bridgehead atoms. The van der Waals surface area contributed by atoms with Crippen LogP contribution in [0.5, 0.6) is 0 Å². The molecule has 2 amide bonds. The first-order valence-corrected chi connectivity index (χ1v) is 11.5. The van der Waals surface area contributed by atoms with E-state index in [1.165, 1.54) is 23.5 Å². The Morgan fingerprint density at radius 3 is 2.59 bits per heavy atom. The van der Waals surface area contributed by atoms with Gasteiger partial charge in [-0.1, -0.05) is 6.92 Å². The second kappa shape index (κ2) is 10.7. The molecule has 0 aromatic heterocycles. The van der Waals surface area contributed by atoms with Gasteiger partial charge in [-0.2, -0.15) is 0 Å². The molecule has 162 valence electrons. The minimum atomic E-state index is -3.71. The Hall–Kier alpha value is -2.00. The van der Waals surface area contributed by atoms with Crippen molar-refractivity contribution in [2.75, 3.05) is 26.7 Å². The summed E-state index contributed by atoms with van der Waals surface area (Å²) in [6, 6.07) is 4.65. The Bertz CT molecular complexity index is 798. The first-order chi connectivity index (χ1) is 13.7. The number of nitrogens with zero attached hydrogens (tertiary/aromatic N) is 2. The highest BCUT2D eigenvalue weighted by Gasteiger charge is 2.25. The van der Waals surface area contributed by atoms with E-state index >= 15 is 0 Å². The number of hydrogen-bond donors (Lipinski definition) is 1. The fourth-order valence-electron chi connectivity index (χ4n) is 3.37. The summed E-state index contributed by atoms with van der Waals surface area (Å²) in [6.07, 6.45) is 3.59. The standard InChI is InChI=1S/C20H30FN3O4S/c1-3-6-19(25)22-17-7-4-14-24(15-17)20(26)8-5-13-23(2)29(27,28)18-11-9-16(21)10-12-18/h9-12,17H,3-8,13-15H2,1-2H3,(H,22,25). The monoisotopic (exact) mass is 427 g/mol. The maximum Gasteiger partial charge on any atom is 0.242 e. The third kappa shape index (κ3) is 6.78. The fourth-order valence-corrected chi connectivity index (χ4v) is 4.58. The van der Waals surface area contributed by atoms with Crippen molar-refractivity contribution in [1.82, 2.24) is 14.5 Å². The van der Waals surface area contributed by atoms with Crippen molar-refractivity contribution < 1.29 is 22.4 Å². The molecule has 1 aromatic carbocycles. The molecule has 1 atom stereocenters. The van der Waals surface area contributed by atoms with Gasteiger partial charge >= 0.3 is 0 Å². The number of rotatable bonds is 9. The van der Waals surface area contributed by atoms with Crippen LogP contribution in [0, 0.1) is 5.82 Å². The summed E-state index contributed by atoms with van der Waals surface area (Å²) in [6.45, 7) is 3.29. The van der Waals surface area contributed by atoms with Crippen LogP contribution in [0.4, 0.5) is 4.39 Å². The molecule has 2 rings (SSSR count). The Morgan fingerprint density at radius 2 is 1.93 bits per heavy atom. The van der Waals surface area contributed by atoms with E-state index in [1.807, 2.05) is 6.92 Å². The van der Waals surface area contributed by atoms with E-state index in [9.17, 15) is 22.4 Å². The number of likely N-dealkylation sites (tertiary alicyclic amines) is 1. The van der Waals surface area contributed by atoms with E-state index < -0.39 is 15.8 Å². The van der Waals surface area contributed by atoms with Gasteiger partial charge in [0.15, 0.2) is 0 Å². The molecule has 0 aliphatic carbocycles. The highest BCUT2D eigenvalue weighted by Crippen LogP contribution is 2.16. The smallest absolute Gasteiger partial charge is 0.242 e. The number of halogens is 1. The van der Waals surface area contributed by atoms with Crippen LogP contribution in [0.15, 0.2) is 29.2 Å². The molecule has 7 nitrogen and oxygen atoms in total. The predicted molar refractivity (Wildman–Crippen MR) is 108 cm³/mol. The van der Waals surface area contributed by atoms with Crippen LogP contribution in [-0.4, -0.2) is 62.2 Å². The molecule has 1 aliphatic heterocycles. The Balaban J connectivity index is 1.81. The van der Waals surface area contributed by atoms with Gasteiger partial charge in [-0.3, -0.25) is 9.59 Å². The molecule has 0 radical (unpaired) electrons. The van der Waals surface area contributed by atoms with E-state index in [2.05, 4.69) is 5.32 Å². The molecule has 1 fully saturated rings. The largest absolute Gasteiger partial charge is 0.352 e. The second-order valence-electron chi connectivity index (χ2n) is 7.38. The molecule has 1 N–H and O–H groups in total. The molecule has 1 saturated heterocycles. The van der Waals surface area contributed by atoms with Crippen molar-refractivity contribution in [3.63, 3.8) is 0 Å². The lowest BCUT2D eigenvalue weighted by molar-refractivity contribution is -0.133. The number of amides is 2. The van der Waals surface area contributed by atoms with Crippen molar-refractivity contribution in [3.8, 4) is 0 Å². The SMILES string of the molecule is CCCC(=O)NC1CCCN(C(=O)CCCN(C)S(=O)(=O)c2ccc(F)cc2)C1. The highest BCUT2D eigenvalue weighted by molar-refractivity contribution is 7.89. The van der Waals surface area contributed by atoms with Gasteiger partial charge in [0.05, 0.1) is 4.90 Å². The zero-order valence-corrected chi connectivity index (χ0v) is 17.9. The number of sulfonamides is 1. The molecule has 9 heteroatoms. The molecule has 1 aromatic rings. The third-order valence-corrected chi connectivity index (χ3v) is 6.87. The summed E-state index contributed by atoms with van der Waals surface area (Å²) >= 11 is 0. The Kier molecular flexibility index (Phi) is 8.58. The quantitative estimate of drug-likeness (QED) is 0.654. The molecule has 0 spiro atoms. The molecule has 1 aliphatic rings. The van der Waals surface area contributed by atoms with Gasteiger partial charge < -0.3 is 10.2 Å². The minimum absolute atomic E-state index is 0.0134. The van der Waals surface area contributed by atoms with Crippen LogP contribution in [0.1, 0.15) is 45.4 Å². The van der Waals surface area contributed by atoms with Crippen molar-refractivity contribution in [3.05, 3.63) is 30.1 Å². The molecule has 29 heavy (non-hydrogen) atoms. The van der Waals surface area contributed by atoms with Gasteiger partial charge in [-0.15, -0.1) is 0 Å². The number of carbonyl (C=O) groups excluding carboxylic acids is 2. The van der Waals surface area contributed by atoms with Gasteiger partial charge in [0.2, 0.25) is 21.8 Å². The summed E-state index contributed by atoms with van der Waals surface area (Å²) in [5, 5.41) is 2.97. The molecular weight excluding hydrogens is 397 g/mol. The topological polar surface area (TPSA) is 86.8 Å². The highest BCUT2D eigenvalue weighted by atomic mass is 32.2. The Labute approximate surface area is 172 Å². The van der Waals surface area contributed by atoms with Gasteiger partial charge in [-0.05, 0) is 49.9 Å². The lowest BCUT2D eigenvalue weighted by Crippen LogP contribution is -2.49. The van der Waals surface area contributed by atoms with E-state index in [1.54, 1.807) is 4.90 Å². The van der Waals surface area contributed by atoms with E-state index in [0.29, 0.717) is 25.9 Å². The van der Waals surface area contributed by atoms with Crippen LogP contribution in [0.25, 0.3) is 0 Å². The zero-order valence-electron chi connectivity index (χ0n) is 17.1. The van der Waals surface area contributed by atoms with Crippen molar-refractivity contribution in [2.24, 2.45) is 0 Å². The van der Waals surface area contributed by atoms with Crippen LogP contribution >= 0.6 is 0 Å². The maximum atomic E-state index is 13.0. The zero-order chi connectivity index (χ0) is 21.4. The predicted octanol–water partition coefficient (Wildman–Crippen LogP) is 2.13. The number of carbonyl (C=O) groups is 2. The summed E-state index contributed by atoms with van der Waals surface area (Å²) < 4.78 is 39.2. The minimum Gasteiger partial charge on any atom is -0.352 e. The first-order valence-electron chi connectivity index (χ1n) is 10.0. The molecule has 0 saturated carbocycles. The second-order valence-corrected chi connectivity index (χ2v) is 9.43. The number of piperidine rings is 1. The van der Waals surface area contributed by atoms with Gasteiger partial charge in [0.1, 0.15) is 5.82 Å². The fraction of sp³-hybridized carbons (Fsp3) is 0.600. The van der Waals surface area contributed by atoms with E-state index in [-0.39, 0.29) is 35.7 Å². The summed E-state index contributed by atoms with van der Waals surface area (Å²) in [5.74, 6) is -0.519.